The maximum Gasteiger partial charge on any atom is 0.165 e. The zero-order valence-corrected chi connectivity index (χ0v) is 19.9. The first kappa shape index (κ1) is 18.7. The molecule has 0 aliphatic carbocycles. The second-order valence-corrected chi connectivity index (χ2v) is 10.5. The molecule has 0 saturated carbocycles. The van der Waals surface area contributed by atoms with E-state index in [1.54, 1.807) is 0 Å². The second kappa shape index (κ2) is 6.56. The fourth-order valence-corrected chi connectivity index (χ4v) is 7.09. The van der Waals surface area contributed by atoms with Crippen molar-refractivity contribution >= 4 is 80.9 Å². The first-order chi connectivity index (χ1) is 17.8. The molecule has 3 nitrogen and oxygen atoms in total. The third kappa shape index (κ3) is 2.27. The average molecular weight is 476 g/mol. The Hall–Kier alpha value is -4.54. The van der Waals surface area contributed by atoms with E-state index < -0.39 is 0 Å². The van der Waals surface area contributed by atoms with E-state index >= 15 is 0 Å². The summed E-state index contributed by atoms with van der Waals surface area (Å²) in [5.74, 6) is 0. The molecule has 4 heteroatoms. The van der Waals surface area contributed by atoms with Gasteiger partial charge in [0.2, 0.25) is 0 Å². The summed E-state index contributed by atoms with van der Waals surface area (Å²) < 4.78 is 4.99. The van der Waals surface area contributed by atoms with Gasteiger partial charge in [-0.05, 0) is 41.5 Å². The molecular formula is C32H17N3S. The monoisotopic (exact) mass is 475 g/mol. The van der Waals surface area contributed by atoms with Gasteiger partial charge in [-0.25, -0.2) is 9.97 Å². The molecule has 0 saturated heterocycles. The molecule has 0 spiro atoms. The van der Waals surface area contributed by atoms with Gasteiger partial charge in [0, 0.05) is 36.3 Å². The van der Waals surface area contributed by atoms with Gasteiger partial charge in [-0.2, -0.15) is 0 Å². The molecular weight excluding hydrogens is 458 g/mol. The van der Waals surface area contributed by atoms with E-state index in [1.807, 2.05) is 17.4 Å². The lowest BCUT2D eigenvalue weighted by molar-refractivity contribution is 1.28. The molecule has 4 aromatic heterocycles. The lowest BCUT2D eigenvalue weighted by Crippen LogP contribution is -1.90. The predicted octanol–water partition coefficient (Wildman–Crippen LogP) is 8.81. The van der Waals surface area contributed by atoms with Crippen LogP contribution in [0.5, 0.6) is 0 Å². The van der Waals surface area contributed by atoms with Gasteiger partial charge in [-0.15, -0.1) is 11.3 Å². The highest BCUT2D eigenvalue weighted by molar-refractivity contribution is 7.26. The van der Waals surface area contributed by atoms with Crippen LogP contribution in [0.2, 0.25) is 0 Å². The molecule has 9 rings (SSSR count). The number of thiophene rings is 1. The summed E-state index contributed by atoms with van der Waals surface area (Å²) >= 11 is 1.87. The molecule has 166 valence electrons. The molecule has 0 atom stereocenters. The third-order valence-electron chi connectivity index (χ3n) is 7.51. The number of benzene rings is 5. The Labute approximate surface area is 209 Å². The van der Waals surface area contributed by atoms with Crippen LogP contribution >= 0.6 is 11.3 Å². The molecule has 0 N–H and O–H groups in total. The Morgan fingerprint density at radius 3 is 2.33 bits per heavy atom. The fourth-order valence-electron chi connectivity index (χ4n) is 5.97. The van der Waals surface area contributed by atoms with Crippen molar-refractivity contribution in [2.45, 2.75) is 0 Å². The largest absolute Gasteiger partial charge is 0.291 e. The number of aromatic nitrogens is 3. The van der Waals surface area contributed by atoms with Crippen molar-refractivity contribution in [2.75, 3.05) is 0 Å². The van der Waals surface area contributed by atoms with Crippen LogP contribution in [0.15, 0.2) is 103 Å². The van der Waals surface area contributed by atoms with Gasteiger partial charge in [0.05, 0.1) is 22.1 Å². The van der Waals surface area contributed by atoms with E-state index in [9.17, 15) is 0 Å². The fraction of sp³-hybridized carbons (Fsp3) is 0. The van der Waals surface area contributed by atoms with Crippen molar-refractivity contribution in [2.24, 2.45) is 0 Å². The summed E-state index contributed by atoms with van der Waals surface area (Å²) in [6.45, 7) is 0. The molecule has 9 aromatic rings. The first-order valence-corrected chi connectivity index (χ1v) is 12.9. The molecule has 4 heterocycles. The third-order valence-corrected chi connectivity index (χ3v) is 8.65. The number of hydrogen-bond acceptors (Lipinski definition) is 3. The van der Waals surface area contributed by atoms with Gasteiger partial charge in [0.25, 0.3) is 0 Å². The summed E-state index contributed by atoms with van der Waals surface area (Å²) in [6.07, 6.45) is 0. The molecule has 36 heavy (non-hydrogen) atoms. The minimum absolute atomic E-state index is 0.917. The topological polar surface area (TPSA) is 30.2 Å². The van der Waals surface area contributed by atoms with Crippen molar-refractivity contribution in [1.29, 1.82) is 0 Å². The van der Waals surface area contributed by atoms with E-state index in [0.29, 0.717) is 0 Å². The van der Waals surface area contributed by atoms with Crippen molar-refractivity contribution in [3.05, 3.63) is 103 Å². The highest BCUT2D eigenvalue weighted by Gasteiger charge is 2.22. The Balaban J connectivity index is 1.47. The summed E-state index contributed by atoms with van der Waals surface area (Å²) in [5, 5.41) is 6.41. The molecule has 0 unspecified atom stereocenters. The first-order valence-electron chi connectivity index (χ1n) is 12.1. The van der Waals surface area contributed by atoms with Gasteiger partial charge in [0.15, 0.2) is 5.65 Å². The van der Waals surface area contributed by atoms with Crippen molar-refractivity contribution in [1.82, 2.24) is 14.4 Å². The van der Waals surface area contributed by atoms with Crippen LogP contribution < -0.4 is 0 Å². The van der Waals surface area contributed by atoms with Gasteiger partial charge < -0.3 is 0 Å². The summed E-state index contributed by atoms with van der Waals surface area (Å²) in [6, 6.07) is 36.7. The standard InChI is InChI=1S/C32H17N3S/c1-2-7-18(8-3-1)19-13-14-23-24(17-19)34-32-30(33-23)22-11-6-10-21-28-25(35(32)31(21)22)15-16-27-29(28)20-9-4-5-12-26(20)36-27/h1-17H. The number of hydrogen-bond donors (Lipinski definition) is 0. The van der Waals surface area contributed by atoms with Gasteiger partial charge in [0.1, 0.15) is 5.52 Å². The van der Waals surface area contributed by atoms with Crippen LogP contribution in [0, 0.1) is 0 Å². The van der Waals surface area contributed by atoms with Gasteiger partial charge >= 0.3 is 0 Å². The Bertz CT molecular complexity index is 2310. The molecule has 0 aliphatic rings. The Kier molecular flexibility index (Phi) is 3.42. The average Bonchev–Trinajstić information content (AvgIpc) is 3.58. The summed E-state index contributed by atoms with van der Waals surface area (Å²) in [4.78, 5) is 10.4. The SMILES string of the molecule is c1ccc(-c2ccc3nc4c5cccc6c7c8c(ccc7n(c4nc3c2)c56)sc2ccccc28)cc1. The van der Waals surface area contributed by atoms with Gasteiger partial charge in [-0.1, -0.05) is 72.8 Å². The quantitative estimate of drug-likeness (QED) is 0.237. The summed E-state index contributed by atoms with van der Waals surface area (Å²) in [7, 11) is 0. The Morgan fingerprint density at radius 2 is 1.39 bits per heavy atom. The van der Waals surface area contributed by atoms with E-state index in [1.165, 1.54) is 47.5 Å². The van der Waals surface area contributed by atoms with Crippen molar-refractivity contribution < 1.29 is 0 Å². The van der Waals surface area contributed by atoms with E-state index in [-0.39, 0.29) is 0 Å². The second-order valence-electron chi connectivity index (χ2n) is 9.43. The van der Waals surface area contributed by atoms with Crippen LogP contribution in [0.25, 0.3) is 80.7 Å². The molecule has 0 bridgehead atoms. The highest BCUT2D eigenvalue weighted by atomic mass is 32.1. The van der Waals surface area contributed by atoms with Crippen LogP contribution in [0.4, 0.5) is 0 Å². The van der Waals surface area contributed by atoms with Crippen molar-refractivity contribution in [3.63, 3.8) is 0 Å². The number of nitrogens with zero attached hydrogens (tertiary/aromatic N) is 3. The van der Waals surface area contributed by atoms with E-state index in [0.717, 1.165) is 33.1 Å². The molecule has 0 radical (unpaired) electrons. The lowest BCUT2D eigenvalue weighted by atomic mass is 10.0. The zero-order valence-electron chi connectivity index (χ0n) is 19.1. The molecule has 5 aromatic carbocycles. The minimum atomic E-state index is 0.917. The smallest absolute Gasteiger partial charge is 0.165 e. The van der Waals surface area contributed by atoms with Crippen LogP contribution in [-0.2, 0) is 0 Å². The van der Waals surface area contributed by atoms with Crippen LogP contribution in [-0.4, -0.2) is 14.4 Å². The maximum atomic E-state index is 5.24. The van der Waals surface area contributed by atoms with E-state index in [2.05, 4.69) is 101 Å². The highest BCUT2D eigenvalue weighted by Crippen LogP contribution is 2.45. The summed E-state index contributed by atoms with van der Waals surface area (Å²) in [5.41, 5.74) is 8.48. The molecule has 0 aliphatic heterocycles. The van der Waals surface area contributed by atoms with Crippen LogP contribution in [0.1, 0.15) is 0 Å². The number of para-hydroxylation sites is 1. The van der Waals surface area contributed by atoms with Crippen LogP contribution in [0.3, 0.4) is 0 Å². The van der Waals surface area contributed by atoms with Crippen molar-refractivity contribution in [3.8, 4) is 11.1 Å². The van der Waals surface area contributed by atoms with Gasteiger partial charge in [-0.3, -0.25) is 4.40 Å². The molecule has 0 fully saturated rings. The Morgan fingerprint density at radius 1 is 0.556 bits per heavy atom. The molecule has 0 amide bonds. The normalized spacial score (nSPS) is 12.4. The predicted molar refractivity (Wildman–Crippen MR) is 153 cm³/mol. The number of rotatable bonds is 1. The van der Waals surface area contributed by atoms with E-state index in [4.69, 9.17) is 9.97 Å². The number of fused-ring (bicyclic) bond motifs is 11. The minimum Gasteiger partial charge on any atom is -0.291 e. The zero-order chi connectivity index (χ0) is 23.4. The maximum absolute atomic E-state index is 5.24. The lowest BCUT2D eigenvalue weighted by Gasteiger charge is -2.04.